The molecule has 1 rings (SSSR count). The van der Waals surface area contributed by atoms with Gasteiger partial charge in [0.25, 0.3) is 0 Å². The van der Waals surface area contributed by atoms with Gasteiger partial charge in [0.2, 0.25) is 10.0 Å². The van der Waals surface area contributed by atoms with Gasteiger partial charge in [0.05, 0.1) is 0 Å². The van der Waals surface area contributed by atoms with E-state index in [0.717, 1.165) is 12.8 Å². The Morgan fingerprint density at radius 2 is 1.95 bits per heavy atom. The molecule has 5 nitrogen and oxygen atoms in total. The molecular weight excluding hydrogens is 292 g/mol. The lowest BCUT2D eigenvalue weighted by molar-refractivity contribution is 0.0685. The zero-order valence-electron chi connectivity index (χ0n) is 10.8. The van der Waals surface area contributed by atoms with Crippen LogP contribution in [0.3, 0.4) is 0 Å². The van der Waals surface area contributed by atoms with E-state index in [2.05, 4.69) is 4.72 Å². The molecule has 0 fully saturated rings. The zero-order chi connectivity index (χ0) is 15.3. The molecule has 8 heteroatoms. The first-order valence-electron chi connectivity index (χ1n) is 6.02. The van der Waals surface area contributed by atoms with E-state index in [1.54, 1.807) is 0 Å². The molecule has 0 amide bonds. The molecule has 0 aliphatic carbocycles. The van der Waals surface area contributed by atoms with E-state index in [0.29, 0.717) is 18.6 Å². The molecule has 0 aromatic heterocycles. The van der Waals surface area contributed by atoms with Crippen LogP contribution in [-0.2, 0) is 10.0 Å². The number of aromatic carboxylic acids is 1. The predicted molar refractivity (Wildman–Crippen MR) is 68.0 cm³/mol. The molecule has 0 spiro atoms. The summed E-state index contributed by atoms with van der Waals surface area (Å²) in [4.78, 5) is 9.86. The van der Waals surface area contributed by atoms with Crippen LogP contribution < -0.4 is 4.72 Å². The van der Waals surface area contributed by atoms with Gasteiger partial charge in [0.1, 0.15) is 16.3 Å². The van der Waals surface area contributed by atoms with E-state index in [9.17, 15) is 22.0 Å². The van der Waals surface area contributed by atoms with E-state index in [-0.39, 0.29) is 6.54 Å². The van der Waals surface area contributed by atoms with E-state index >= 15 is 0 Å². The van der Waals surface area contributed by atoms with Crippen molar-refractivity contribution in [2.24, 2.45) is 0 Å². The lowest BCUT2D eigenvalue weighted by atomic mass is 10.2. The molecule has 1 aromatic rings. The number of carbonyl (C=O) groups is 1. The molecule has 0 saturated heterocycles. The summed E-state index contributed by atoms with van der Waals surface area (Å²) in [5.41, 5.74) is -1.28. The third-order valence-electron chi connectivity index (χ3n) is 2.63. The molecule has 0 aliphatic heterocycles. The van der Waals surface area contributed by atoms with Gasteiger partial charge in [-0.15, -0.1) is 0 Å². The highest BCUT2D eigenvalue weighted by Gasteiger charge is 2.26. The number of hydrogen-bond acceptors (Lipinski definition) is 3. The highest BCUT2D eigenvalue weighted by Crippen LogP contribution is 2.21. The summed E-state index contributed by atoms with van der Waals surface area (Å²) < 4.78 is 52.8. The van der Waals surface area contributed by atoms with Gasteiger partial charge in [-0.2, -0.15) is 0 Å². The molecule has 0 unspecified atom stereocenters. The lowest BCUT2D eigenvalue weighted by Gasteiger charge is -2.09. The third-order valence-corrected chi connectivity index (χ3v) is 4.11. The van der Waals surface area contributed by atoms with Crippen molar-refractivity contribution < 1.29 is 27.1 Å². The first kappa shape index (κ1) is 16.5. The van der Waals surface area contributed by atoms with E-state index < -0.39 is 38.1 Å². The summed E-state index contributed by atoms with van der Waals surface area (Å²) >= 11 is 0. The Balaban J connectivity index is 3.07. The Bertz CT molecular complexity index is 602. The quantitative estimate of drug-likeness (QED) is 0.756. The summed E-state index contributed by atoms with van der Waals surface area (Å²) in [6.45, 7) is 2.04. The summed E-state index contributed by atoms with van der Waals surface area (Å²) in [5.74, 6) is -4.77. The molecule has 2 N–H and O–H groups in total. The largest absolute Gasteiger partial charge is 0.477 e. The number of benzene rings is 1. The molecule has 0 bridgehead atoms. The number of carboxylic acids is 1. The normalized spacial score (nSPS) is 11.6. The van der Waals surface area contributed by atoms with E-state index in [1.165, 1.54) is 0 Å². The average molecular weight is 307 g/mol. The first-order chi connectivity index (χ1) is 9.31. The number of rotatable bonds is 7. The summed E-state index contributed by atoms with van der Waals surface area (Å²) in [6.07, 6.45) is 2.26. The van der Waals surface area contributed by atoms with Crippen molar-refractivity contribution in [2.45, 2.75) is 31.1 Å². The molecule has 0 saturated carbocycles. The molecule has 0 heterocycles. The lowest BCUT2D eigenvalue weighted by Crippen LogP contribution is -2.26. The highest BCUT2D eigenvalue weighted by molar-refractivity contribution is 7.89. The van der Waals surface area contributed by atoms with Crippen molar-refractivity contribution in [2.75, 3.05) is 6.54 Å². The second-order valence-electron chi connectivity index (χ2n) is 4.14. The van der Waals surface area contributed by atoms with Crippen LogP contribution in [0.15, 0.2) is 17.0 Å². The van der Waals surface area contributed by atoms with E-state index in [4.69, 9.17) is 5.11 Å². The van der Waals surface area contributed by atoms with Gasteiger partial charge in [-0.05, 0) is 18.6 Å². The van der Waals surface area contributed by atoms with Crippen LogP contribution in [0.4, 0.5) is 8.78 Å². The van der Waals surface area contributed by atoms with Gasteiger partial charge in [0, 0.05) is 6.54 Å². The van der Waals surface area contributed by atoms with Crippen LogP contribution >= 0.6 is 0 Å². The number of sulfonamides is 1. The van der Waals surface area contributed by atoms with Crippen molar-refractivity contribution in [3.8, 4) is 0 Å². The molecule has 112 valence electrons. The van der Waals surface area contributed by atoms with Crippen LogP contribution in [0.25, 0.3) is 0 Å². The van der Waals surface area contributed by atoms with Gasteiger partial charge in [-0.1, -0.05) is 19.8 Å². The minimum Gasteiger partial charge on any atom is -0.477 e. The van der Waals surface area contributed by atoms with Crippen molar-refractivity contribution >= 4 is 16.0 Å². The second-order valence-corrected chi connectivity index (χ2v) is 5.88. The Labute approximate surface area is 115 Å². The number of nitrogens with one attached hydrogen (secondary N) is 1. The van der Waals surface area contributed by atoms with Crippen molar-refractivity contribution in [3.05, 3.63) is 29.3 Å². The van der Waals surface area contributed by atoms with Gasteiger partial charge < -0.3 is 5.11 Å². The number of halogens is 2. The fourth-order valence-corrected chi connectivity index (χ4v) is 2.75. The fraction of sp³-hybridized carbons (Fsp3) is 0.417. The summed E-state index contributed by atoms with van der Waals surface area (Å²) in [5, 5.41) is 8.69. The molecule has 20 heavy (non-hydrogen) atoms. The molecule has 1 aromatic carbocycles. The smallest absolute Gasteiger partial charge is 0.341 e. The fourth-order valence-electron chi connectivity index (χ4n) is 1.60. The van der Waals surface area contributed by atoms with Crippen LogP contribution in [-0.4, -0.2) is 26.0 Å². The van der Waals surface area contributed by atoms with Crippen LogP contribution in [0.1, 0.15) is 36.5 Å². The maximum Gasteiger partial charge on any atom is 0.341 e. The van der Waals surface area contributed by atoms with Crippen molar-refractivity contribution in [1.29, 1.82) is 0 Å². The van der Waals surface area contributed by atoms with Gasteiger partial charge in [-0.3, -0.25) is 0 Å². The summed E-state index contributed by atoms with van der Waals surface area (Å²) in [7, 11) is -4.20. The Morgan fingerprint density at radius 3 is 2.50 bits per heavy atom. The number of hydrogen-bond donors (Lipinski definition) is 2. The van der Waals surface area contributed by atoms with Crippen LogP contribution in [0, 0.1) is 11.6 Å². The van der Waals surface area contributed by atoms with Gasteiger partial charge in [-0.25, -0.2) is 26.7 Å². The zero-order valence-corrected chi connectivity index (χ0v) is 11.6. The molecule has 0 aliphatic rings. The Morgan fingerprint density at radius 1 is 1.30 bits per heavy atom. The SMILES string of the molecule is CCCCCNS(=O)(=O)c1ccc(F)c(C(=O)O)c1F. The standard InChI is InChI=1S/C12H15F2NO4S/c1-2-3-4-7-15-20(18,19)9-6-5-8(13)10(11(9)14)12(16)17/h5-6,15H,2-4,7H2,1H3,(H,16,17). The summed E-state index contributed by atoms with van der Waals surface area (Å²) in [6, 6.07) is 1.33. The Hall–Kier alpha value is -1.54. The maximum atomic E-state index is 13.8. The molecule has 0 atom stereocenters. The molecular formula is C12H15F2NO4S. The van der Waals surface area contributed by atoms with Crippen LogP contribution in [0.5, 0.6) is 0 Å². The Kier molecular flexibility index (Phi) is 5.58. The first-order valence-corrected chi connectivity index (χ1v) is 7.50. The minimum absolute atomic E-state index is 0.107. The van der Waals surface area contributed by atoms with E-state index in [1.807, 2.05) is 6.92 Å². The molecule has 0 radical (unpaired) electrons. The highest BCUT2D eigenvalue weighted by atomic mass is 32.2. The average Bonchev–Trinajstić information content (AvgIpc) is 2.34. The van der Waals surface area contributed by atoms with Crippen molar-refractivity contribution in [1.82, 2.24) is 4.72 Å². The van der Waals surface area contributed by atoms with Crippen LogP contribution in [0.2, 0.25) is 0 Å². The van der Waals surface area contributed by atoms with Gasteiger partial charge >= 0.3 is 5.97 Å². The third kappa shape index (κ3) is 3.73. The minimum atomic E-state index is -4.20. The predicted octanol–water partition coefficient (Wildman–Crippen LogP) is 2.13. The topological polar surface area (TPSA) is 83.5 Å². The maximum absolute atomic E-state index is 13.8. The number of unbranched alkanes of at least 4 members (excludes halogenated alkanes) is 2. The van der Waals surface area contributed by atoms with Gasteiger partial charge in [0.15, 0.2) is 5.82 Å². The number of carboxylic acid groups (broad SMARTS) is 1. The second kappa shape index (κ2) is 6.76. The monoisotopic (exact) mass is 307 g/mol. The van der Waals surface area contributed by atoms with Crippen molar-refractivity contribution in [3.63, 3.8) is 0 Å².